The summed E-state index contributed by atoms with van der Waals surface area (Å²) < 4.78 is 10.5. The molecule has 0 amide bonds. The van der Waals surface area contributed by atoms with Gasteiger partial charge in [-0.3, -0.25) is 4.98 Å². The van der Waals surface area contributed by atoms with Crippen LogP contribution in [0.4, 0.5) is 0 Å². The van der Waals surface area contributed by atoms with Crippen molar-refractivity contribution in [2.45, 2.75) is 53.4 Å². The molecule has 1 fully saturated rings. The lowest BCUT2D eigenvalue weighted by molar-refractivity contribution is 0.115. The first-order valence-corrected chi connectivity index (χ1v) is 11.6. The monoisotopic (exact) mass is 473 g/mol. The van der Waals surface area contributed by atoms with Gasteiger partial charge in [-0.1, -0.05) is 33.8 Å². The summed E-state index contributed by atoms with van der Waals surface area (Å²) in [5, 5.41) is 0.515. The maximum Gasteiger partial charge on any atom is 0.299 e. The summed E-state index contributed by atoms with van der Waals surface area (Å²) in [5.41, 5.74) is 5.31. The fraction of sp³-hybridized carbons (Fsp3) is 0.500. The van der Waals surface area contributed by atoms with Gasteiger partial charge in [0, 0.05) is 42.8 Å². The Morgan fingerprint density at radius 3 is 2.47 bits per heavy atom. The Hall–Kier alpha value is -2.09. The number of aromatic nitrogens is 4. The second-order valence-electron chi connectivity index (χ2n) is 9.68. The van der Waals surface area contributed by atoms with Crippen molar-refractivity contribution in [3.05, 3.63) is 46.9 Å². The highest BCUT2D eigenvalue weighted by Gasteiger charge is 2.22. The van der Waals surface area contributed by atoms with Crippen LogP contribution in [0, 0.1) is 19.8 Å². The maximum atomic E-state index is 6.08. The molecule has 1 saturated heterocycles. The highest BCUT2D eigenvalue weighted by atomic mass is 35.5. The lowest BCUT2D eigenvalue weighted by Gasteiger charge is -2.37. The fourth-order valence-electron chi connectivity index (χ4n) is 3.80. The highest BCUT2D eigenvalue weighted by Crippen LogP contribution is 2.31. The van der Waals surface area contributed by atoms with Crippen molar-refractivity contribution in [2.75, 3.05) is 19.6 Å². The second kappa shape index (κ2) is 9.81. The molecular formula is C24H32ClN5OS. The molecule has 1 aliphatic heterocycles. The molecule has 32 heavy (non-hydrogen) atoms. The van der Waals surface area contributed by atoms with E-state index in [1.54, 1.807) is 12.4 Å². The molecule has 3 aromatic rings. The van der Waals surface area contributed by atoms with Crippen LogP contribution >= 0.6 is 23.9 Å². The summed E-state index contributed by atoms with van der Waals surface area (Å²) >= 11 is 1.23. The first-order valence-electron chi connectivity index (χ1n) is 10.9. The lowest BCUT2D eigenvalue weighted by atomic mass is 9.93. The van der Waals surface area contributed by atoms with E-state index in [4.69, 9.17) is 4.74 Å². The van der Waals surface area contributed by atoms with Crippen LogP contribution in [0.25, 0.3) is 11.5 Å². The van der Waals surface area contributed by atoms with E-state index in [9.17, 15) is 0 Å². The number of benzene rings is 1. The normalized spacial score (nSPS) is 14.7. The third-order valence-electron chi connectivity index (χ3n) is 5.72. The minimum Gasteiger partial charge on any atom is -0.430 e. The molecule has 0 atom stereocenters. The Balaban J connectivity index is 0.00000289. The van der Waals surface area contributed by atoms with Crippen LogP contribution in [0.2, 0.25) is 0 Å². The smallest absolute Gasteiger partial charge is 0.299 e. The average molecular weight is 474 g/mol. The Morgan fingerprint density at radius 1 is 1.09 bits per heavy atom. The van der Waals surface area contributed by atoms with Crippen molar-refractivity contribution in [3.63, 3.8) is 0 Å². The zero-order chi connectivity index (χ0) is 22.2. The van der Waals surface area contributed by atoms with Crippen LogP contribution in [0.5, 0.6) is 10.9 Å². The molecule has 8 heteroatoms. The van der Waals surface area contributed by atoms with Crippen molar-refractivity contribution < 1.29 is 4.74 Å². The zero-order valence-electron chi connectivity index (χ0n) is 19.7. The van der Waals surface area contributed by atoms with Crippen molar-refractivity contribution in [3.8, 4) is 22.5 Å². The molecule has 0 N–H and O–H groups in total. The predicted octanol–water partition coefficient (Wildman–Crippen LogP) is 5.62. The summed E-state index contributed by atoms with van der Waals surface area (Å²) in [6, 6.07) is 4.36. The lowest BCUT2D eigenvalue weighted by Crippen LogP contribution is -2.45. The number of halogens is 1. The number of hydrogen-bond acceptors (Lipinski definition) is 7. The Morgan fingerprint density at radius 2 is 1.84 bits per heavy atom. The third kappa shape index (κ3) is 5.63. The topological polar surface area (TPSA) is 64.0 Å². The van der Waals surface area contributed by atoms with Crippen molar-refractivity contribution in [1.29, 1.82) is 0 Å². The first kappa shape index (κ1) is 24.6. The van der Waals surface area contributed by atoms with E-state index < -0.39 is 0 Å². The molecule has 1 aliphatic rings. The zero-order valence-corrected chi connectivity index (χ0v) is 21.3. The van der Waals surface area contributed by atoms with E-state index in [1.165, 1.54) is 35.7 Å². The number of aryl methyl sites for hydroxylation is 2. The number of nitrogens with zero attached hydrogens (tertiary/aromatic N) is 5. The molecule has 4 rings (SSSR count). The second-order valence-corrected chi connectivity index (χ2v) is 10.4. The summed E-state index contributed by atoms with van der Waals surface area (Å²) in [5.74, 6) is 2.22. The quantitative estimate of drug-likeness (QED) is 0.463. The molecule has 6 nitrogen and oxygen atoms in total. The largest absolute Gasteiger partial charge is 0.430 e. The Labute approximate surface area is 201 Å². The minimum atomic E-state index is -0.0372. The van der Waals surface area contributed by atoms with Gasteiger partial charge in [0.15, 0.2) is 5.82 Å². The van der Waals surface area contributed by atoms with Crippen molar-refractivity contribution >= 4 is 23.9 Å². The van der Waals surface area contributed by atoms with Crippen LogP contribution in [-0.2, 0) is 11.8 Å². The van der Waals surface area contributed by atoms with Crippen LogP contribution < -0.4 is 4.74 Å². The maximum absolute atomic E-state index is 6.08. The molecule has 3 heterocycles. The van der Waals surface area contributed by atoms with E-state index in [0.29, 0.717) is 16.7 Å². The van der Waals surface area contributed by atoms with Gasteiger partial charge in [-0.05, 0) is 48.9 Å². The van der Waals surface area contributed by atoms with E-state index in [2.05, 4.69) is 77.9 Å². The molecule has 0 saturated carbocycles. The number of likely N-dealkylation sites (tertiary alicyclic amines) is 1. The molecule has 172 valence electrons. The first-order chi connectivity index (χ1) is 14.7. The minimum absolute atomic E-state index is 0. The Kier molecular flexibility index (Phi) is 7.53. The summed E-state index contributed by atoms with van der Waals surface area (Å²) in [4.78, 5) is 16.0. The van der Waals surface area contributed by atoms with Crippen LogP contribution in [0.1, 0.15) is 50.1 Å². The van der Waals surface area contributed by atoms with Gasteiger partial charge in [0.2, 0.25) is 0 Å². The standard InChI is InChI=1S/C24H31N5OS.ClH/c1-15-13-29(14-15)8-7-18-9-17(3)20(10-16(18)2)30-23-27-22(28-31-23)19-11-26-21(12-25-19)24(4,5)6;/h9-12,15H,7-8,13-14H2,1-6H3;1H. The summed E-state index contributed by atoms with van der Waals surface area (Å²) in [6.45, 7) is 16.5. The van der Waals surface area contributed by atoms with Gasteiger partial charge in [0.25, 0.3) is 5.19 Å². The van der Waals surface area contributed by atoms with E-state index in [0.717, 1.165) is 35.9 Å². The molecule has 0 radical (unpaired) electrons. The molecule has 2 aromatic heterocycles. The van der Waals surface area contributed by atoms with Gasteiger partial charge in [0.1, 0.15) is 11.4 Å². The van der Waals surface area contributed by atoms with Gasteiger partial charge in [-0.25, -0.2) is 4.98 Å². The summed E-state index contributed by atoms with van der Waals surface area (Å²) in [7, 11) is 0. The highest BCUT2D eigenvalue weighted by molar-refractivity contribution is 7.07. The van der Waals surface area contributed by atoms with Crippen LogP contribution in [0.3, 0.4) is 0 Å². The van der Waals surface area contributed by atoms with Gasteiger partial charge in [-0.2, -0.15) is 9.36 Å². The van der Waals surface area contributed by atoms with Crippen LogP contribution in [0.15, 0.2) is 24.5 Å². The van der Waals surface area contributed by atoms with E-state index in [-0.39, 0.29) is 17.8 Å². The van der Waals surface area contributed by atoms with Crippen molar-refractivity contribution in [2.24, 2.45) is 5.92 Å². The Bertz CT molecular complexity index is 1060. The van der Waals surface area contributed by atoms with Gasteiger partial charge in [-0.15, -0.1) is 12.4 Å². The summed E-state index contributed by atoms with van der Waals surface area (Å²) in [6.07, 6.45) is 4.60. The van der Waals surface area contributed by atoms with Gasteiger partial charge < -0.3 is 9.64 Å². The van der Waals surface area contributed by atoms with E-state index >= 15 is 0 Å². The van der Waals surface area contributed by atoms with Gasteiger partial charge in [0.05, 0.1) is 11.9 Å². The molecule has 0 spiro atoms. The average Bonchev–Trinajstić information content (AvgIpc) is 3.15. The van der Waals surface area contributed by atoms with Gasteiger partial charge >= 0.3 is 0 Å². The fourth-order valence-corrected chi connectivity index (χ4v) is 4.35. The van der Waals surface area contributed by atoms with Crippen molar-refractivity contribution in [1.82, 2.24) is 24.2 Å². The predicted molar refractivity (Wildman–Crippen MR) is 132 cm³/mol. The molecule has 0 unspecified atom stereocenters. The molecule has 0 aliphatic carbocycles. The SMILES string of the molecule is Cc1cc(Oc2nc(-c3cnc(C(C)(C)C)cn3)ns2)c(C)cc1CCN1CC(C)C1.Cl. The van der Waals surface area contributed by atoms with E-state index in [1.807, 2.05) is 0 Å². The number of rotatable bonds is 6. The van der Waals surface area contributed by atoms with Crippen LogP contribution in [-0.4, -0.2) is 43.9 Å². The molecule has 1 aromatic carbocycles. The molecular weight excluding hydrogens is 442 g/mol. The number of ether oxygens (including phenoxy) is 1. The molecule has 0 bridgehead atoms. The third-order valence-corrected chi connectivity index (χ3v) is 6.32. The number of hydrogen-bond donors (Lipinski definition) is 0.